The van der Waals surface area contributed by atoms with Gasteiger partial charge in [-0.05, 0) is 31.4 Å². The first-order chi connectivity index (χ1) is 11.5. The number of rotatable bonds is 4. The first-order valence-corrected chi connectivity index (χ1v) is 9.27. The number of amides is 1. The topological polar surface area (TPSA) is 101 Å². The molecule has 2 N–H and O–H groups in total. The Morgan fingerprint density at radius 2 is 2.00 bits per heavy atom. The lowest BCUT2D eigenvalue weighted by molar-refractivity contribution is -0.122. The average molecular weight is 349 g/mol. The van der Waals surface area contributed by atoms with E-state index in [2.05, 4.69) is 15.0 Å². The molecule has 3 rings (SSSR count). The van der Waals surface area contributed by atoms with Crippen molar-refractivity contribution in [2.75, 3.05) is 6.54 Å². The van der Waals surface area contributed by atoms with Gasteiger partial charge in [-0.3, -0.25) is 4.79 Å². The van der Waals surface area contributed by atoms with Gasteiger partial charge in [-0.15, -0.1) is 0 Å². The van der Waals surface area contributed by atoms with Crippen molar-refractivity contribution in [2.24, 2.45) is 0 Å². The van der Waals surface area contributed by atoms with Crippen LogP contribution < -0.4 is 10.0 Å². The van der Waals surface area contributed by atoms with E-state index < -0.39 is 16.1 Å². The number of hydrogen-bond donors (Lipinski definition) is 2. The fourth-order valence-corrected chi connectivity index (χ4v) is 3.84. The molecule has 8 heteroatoms. The van der Waals surface area contributed by atoms with Crippen molar-refractivity contribution in [2.45, 2.75) is 37.1 Å². The zero-order valence-electron chi connectivity index (χ0n) is 13.3. The molecule has 1 fully saturated rings. The predicted molar refractivity (Wildman–Crippen MR) is 87.6 cm³/mol. The summed E-state index contributed by atoms with van der Waals surface area (Å²) in [5.41, 5.74) is 1.41. The van der Waals surface area contributed by atoms with Gasteiger partial charge in [-0.2, -0.15) is 4.72 Å². The first kappa shape index (κ1) is 16.7. The van der Waals surface area contributed by atoms with E-state index in [1.54, 1.807) is 19.1 Å². The molecule has 1 aromatic carbocycles. The smallest absolute Gasteiger partial charge is 0.241 e. The standard InChI is InChI=1S/C16H19N3O4S/c1-11-18-15(10-23-11)12-5-7-13(8-6-12)24(21,22)19-14-4-2-3-9-17-16(14)20/h5-8,10,14,19H,2-4,9H2,1H3,(H,17,20). The van der Waals surface area contributed by atoms with Gasteiger partial charge in [0.15, 0.2) is 5.89 Å². The lowest BCUT2D eigenvalue weighted by Crippen LogP contribution is -2.45. The van der Waals surface area contributed by atoms with Gasteiger partial charge in [0.2, 0.25) is 15.9 Å². The summed E-state index contributed by atoms with van der Waals surface area (Å²) in [6, 6.07) is 5.60. The maximum Gasteiger partial charge on any atom is 0.241 e. The van der Waals surface area contributed by atoms with Gasteiger partial charge < -0.3 is 9.73 Å². The molecule has 0 saturated carbocycles. The number of aryl methyl sites for hydroxylation is 1. The zero-order valence-corrected chi connectivity index (χ0v) is 14.1. The third kappa shape index (κ3) is 3.65. The molecule has 24 heavy (non-hydrogen) atoms. The molecule has 128 valence electrons. The zero-order chi connectivity index (χ0) is 17.2. The number of aromatic nitrogens is 1. The molecular weight excluding hydrogens is 330 g/mol. The van der Waals surface area contributed by atoms with Gasteiger partial charge in [0.25, 0.3) is 0 Å². The molecule has 2 aromatic rings. The van der Waals surface area contributed by atoms with Crippen LogP contribution in [0.3, 0.4) is 0 Å². The minimum atomic E-state index is -3.76. The maximum absolute atomic E-state index is 12.5. The SMILES string of the molecule is Cc1nc(-c2ccc(S(=O)(=O)NC3CCCCNC3=O)cc2)co1. The Hall–Kier alpha value is -2.19. The molecule has 0 bridgehead atoms. The van der Waals surface area contributed by atoms with Gasteiger partial charge in [-0.25, -0.2) is 13.4 Å². The fraction of sp³-hybridized carbons (Fsp3) is 0.375. The molecule has 1 aliphatic rings. The van der Waals surface area contributed by atoms with Crippen molar-refractivity contribution in [3.63, 3.8) is 0 Å². The molecule has 0 spiro atoms. The van der Waals surface area contributed by atoms with Crippen LogP contribution in [0.2, 0.25) is 0 Å². The van der Waals surface area contributed by atoms with E-state index in [1.165, 1.54) is 18.4 Å². The number of nitrogens with zero attached hydrogens (tertiary/aromatic N) is 1. The van der Waals surface area contributed by atoms with E-state index in [1.807, 2.05) is 0 Å². The second-order valence-electron chi connectivity index (χ2n) is 5.74. The Morgan fingerprint density at radius 1 is 1.25 bits per heavy atom. The number of carbonyl (C=O) groups is 1. The minimum absolute atomic E-state index is 0.114. The molecule has 1 saturated heterocycles. The Kier molecular flexibility index (Phi) is 4.68. The Morgan fingerprint density at radius 3 is 2.67 bits per heavy atom. The van der Waals surface area contributed by atoms with Crippen molar-refractivity contribution in [3.05, 3.63) is 36.4 Å². The molecule has 0 radical (unpaired) electrons. The third-order valence-electron chi connectivity index (χ3n) is 3.91. The van der Waals surface area contributed by atoms with Crippen molar-refractivity contribution in [1.82, 2.24) is 15.0 Å². The summed E-state index contributed by atoms with van der Waals surface area (Å²) in [5, 5.41) is 2.72. The van der Waals surface area contributed by atoms with Crippen LogP contribution in [0.5, 0.6) is 0 Å². The summed E-state index contributed by atoms with van der Waals surface area (Å²) in [6.45, 7) is 2.33. The molecular formula is C16H19N3O4S. The molecule has 1 atom stereocenters. The summed E-state index contributed by atoms with van der Waals surface area (Å²) in [4.78, 5) is 16.2. The van der Waals surface area contributed by atoms with Gasteiger partial charge in [-0.1, -0.05) is 12.1 Å². The van der Waals surface area contributed by atoms with Crippen LogP contribution in [0.15, 0.2) is 39.8 Å². The van der Waals surface area contributed by atoms with Crippen LogP contribution in [-0.4, -0.2) is 31.9 Å². The number of nitrogens with one attached hydrogen (secondary N) is 2. The predicted octanol–water partition coefficient (Wildman–Crippen LogP) is 1.60. The lowest BCUT2D eigenvalue weighted by atomic mass is 10.1. The first-order valence-electron chi connectivity index (χ1n) is 7.78. The highest BCUT2D eigenvalue weighted by molar-refractivity contribution is 7.89. The quantitative estimate of drug-likeness (QED) is 0.873. The van der Waals surface area contributed by atoms with Crippen LogP contribution in [0, 0.1) is 6.92 Å². The fourth-order valence-electron chi connectivity index (χ4n) is 2.61. The lowest BCUT2D eigenvalue weighted by Gasteiger charge is -2.15. The molecule has 7 nitrogen and oxygen atoms in total. The molecule has 2 heterocycles. The normalized spacial score (nSPS) is 18.9. The molecule has 1 aromatic heterocycles. The highest BCUT2D eigenvalue weighted by atomic mass is 32.2. The summed E-state index contributed by atoms with van der Waals surface area (Å²) < 4.78 is 32.6. The van der Waals surface area contributed by atoms with E-state index in [0.717, 1.165) is 18.4 Å². The van der Waals surface area contributed by atoms with Crippen LogP contribution in [0.1, 0.15) is 25.2 Å². The van der Waals surface area contributed by atoms with E-state index in [0.29, 0.717) is 24.6 Å². The van der Waals surface area contributed by atoms with Crippen molar-refractivity contribution < 1.29 is 17.6 Å². The van der Waals surface area contributed by atoms with E-state index in [-0.39, 0.29) is 10.8 Å². The van der Waals surface area contributed by atoms with E-state index in [9.17, 15) is 13.2 Å². The van der Waals surface area contributed by atoms with Crippen molar-refractivity contribution in [3.8, 4) is 11.3 Å². The number of carbonyl (C=O) groups excluding carboxylic acids is 1. The van der Waals surface area contributed by atoms with Crippen molar-refractivity contribution in [1.29, 1.82) is 0 Å². The van der Waals surface area contributed by atoms with Gasteiger partial charge in [0.05, 0.1) is 4.90 Å². The molecule has 1 unspecified atom stereocenters. The van der Waals surface area contributed by atoms with E-state index in [4.69, 9.17) is 4.42 Å². The van der Waals surface area contributed by atoms with Crippen molar-refractivity contribution >= 4 is 15.9 Å². The van der Waals surface area contributed by atoms with Gasteiger partial charge in [0, 0.05) is 19.0 Å². The van der Waals surface area contributed by atoms with Gasteiger partial charge >= 0.3 is 0 Å². The highest BCUT2D eigenvalue weighted by Crippen LogP contribution is 2.21. The van der Waals surface area contributed by atoms with Crippen LogP contribution in [-0.2, 0) is 14.8 Å². The highest BCUT2D eigenvalue weighted by Gasteiger charge is 2.26. The number of oxazole rings is 1. The Bertz CT molecular complexity index is 827. The third-order valence-corrected chi connectivity index (χ3v) is 5.40. The summed E-state index contributed by atoms with van der Waals surface area (Å²) in [7, 11) is -3.76. The summed E-state index contributed by atoms with van der Waals surface area (Å²) in [6.07, 6.45) is 3.68. The largest absolute Gasteiger partial charge is 0.449 e. The second-order valence-corrected chi connectivity index (χ2v) is 7.45. The number of hydrogen-bond acceptors (Lipinski definition) is 5. The monoisotopic (exact) mass is 349 g/mol. The number of benzene rings is 1. The van der Waals surface area contributed by atoms with E-state index >= 15 is 0 Å². The molecule has 1 aliphatic heterocycles. The van der Waals surface area contributed by atoms with Crippen LogP contribution >= 0.6 is 0 Å². The second kappa shape index (κ2) is 6.74. The number of sulfonamides is 1. The minimum Gasteiger partial charge on any atom is -0.449 e. The summed E-state index contributed by atoms with van der Waals surface area (Å²) >= 11 is 0. The van der Waals surface area contributed by atoms with Crippen LogP contribution in [0.4, 0.5) is 0 Å². The Labute approximate surface area is 140 Å². The van der Waals surface area contributed by atoms with Gasteiger partial charge in [0.1, 0.15) is 18.0 Å². The Balaban J connectivity index is 1.78. The van der Waals surface area contributed by atoms with Crippen LogP contribution in [0.25, 0.3) is 11.3 Å². The maximum atomic E-state index is 12.5. The summed E-state index contributed by atoms with van der Waals surface area (Å²) in [5.74, 6) is 0.272. The molecule has 0 aliphatic carbocycles. The average Bonchev–Trinajstić information content (AvgIpc) is 2.90. The molecule has 1 amide bonds.